The molecule has 166 valence electrons. The Labute approximate surface area is 195 Å². The lowest BCUT2D eigenvalue weighted by Crippen LogP contribution is -2.43. The molecule has 1 unspecified atom stereocenters. The number of ether oxygens (including phenoxy) is 1. The van der Waals surface area contributed by atoms with E-state index < -0.39 is 5.41 Å². The fourth-order valence-electron chi connectivity index (χ4n) is 4.38. The summed E-state index contributed by atoms with van der Waals surface area (Å²) >= 11 is 5.98. The second-order valence-electron chi connectivity index (χ2n) is 8.90. The van der Waals surface area contributed by atoms with Crippen LogP contribution in [0.2, 0.25) is 5.02 Å². The van der Waals surface area contributed by atoms with Crippen molar-refractivity contribution in [1.29, 1.82) is 0 Å². The van der Waals surface area contributed by atoms with Crippen molar-refractivity contribution in [1.82, 2.24) is 9.88 Å². The summed E-state index contributed by atoms with van der Waals surface area (Å²) in [6.07, 6.45) is 4.67. The maximum atomic E-state index is 13.6. The highest BCUT2D eigenvalue weighted by Gasteiger charge is 2.39. The monoisotopic (exact) mass is 448 g/mol. The van der Waals surface area contributed by atoms with Gasteiger partial charge in [0.15, 0.2) is 0 Å². The topological polar surface area (TPSA) is 42.4 Å². The van der Waals surface area contributed by atoms with E-state index in [1.54, 1.807) is 7.11 Å². The fourth-order valence-corrected chi connectivity index (χ4v) is 4.51. The van der Waals surface area contributed by atoms with Gasteiger partial charge in [0.2, 0.25) is 5.91 Å². The highest BCUT2D eigenvalue weighted by molar-refractivity contribution is 6.30. The molecule has 4 rings (SSSR count). The zero-order valence-electron chi connectivity index (χ0n) is 18.8. The van der Waals surface area contributed by atoms with E-state index in [0.717, 1.165) is 53.4 Å². The molecule has 0 spiro atoms. The SMILES string of the molecule is COc1ccc(C(C)(C)C(=O)N2CCCC2c2ccc(Cc3ccc(Cl)cc3)cn2)cc1. The van der Waals surface area contributed by atoms with E-state index >= 15 is 0 Å². The molecule has 2 heterocycles. The maximum Gasteiger partial charge on any atom is 0.233 e. The number of carbonyl (C=O) groups is 1. The summed E-state index contributed by atoms with van der Waals surface area (Å²) < 4.78 is 5.26. The highest BCUT2D eigenvalue weighted by Crippen LogP contribution is 2.36. The predicted molar refractivity (Wildman–Crippen MR) is 128 cm³/mol. The summed E-state index contributed by atoms with van der Waals surface area (Å²) in [6.45, 7) is 4.75. The fraction of sp³-hybridized carbons (Fsp3) is 0.333. The molecule has 1 amide bonds. The van der Waals surface area contributed by atoms with Crippen LogP contribution in [0.3, 0.4) is 0 Å². The largest absolute Gasteiger partial charge is 0.497 e. The number of methoxy groups -OCH3 is 1. The molecule has 1 fully saturated rings. The van der Waals surface area contributed by atoms with Crippen molar-refractivity contribution in [2.45, 2.75) is 44.6 Å². The van der Waals surface area contributed by atoms with E-state index in [2.05, 4.69) is 12.1 Å². The van der Waals surface area contributed by atoms with E-state index in [9.17, 15) is 4.79 Å². The lowest BCUT2D eigenvalue weighted by atomic mass is 9.83. The molecule has 0 saturated carbocycles. The first kappa shape index (κ1) is 22.3. The Morgan fingerprint density at radius 1 is 1.06 bits per heavy atom. The van der Waals surface area contributed by atoms with Crippen LogP contribution in [0, 0.1) is 0 Å². The van der Waals surface area contributed by atoms with E-state index in [0.29, 0.717) is 0 Å². The molecule has 0 bridgehead atoms. The summed E-state index contributed by atoms with van der Waals surface area (Å²) in [5, 5.41) is 0.741. The number of nitrogens with zero attached hydrogens (tertiary/aromatic N) is 2. The van der Waals surface area contributed by atoms with Gasteiger partial charge in [0.1, 0.15) is 5.75 Å². The second kappa shape index (κ2) is 9.33. The summed E-state index contributed by atoms with van der Waals surface area (Å²) in [6, 6.07) is 19.9. The molecule has 2 aromatic carbocycles. The van der Waals surface area contributed by atoms with Crippen LogP contribution >= 0.6 is 11.6 Å². The van der Waals surface area contributed by atoms with Gasteiger partial charge in [0.25, 0.3) is 0 Å². The van der Waals surface area contributed by atoms with Crippen LogP contribution in [0.15, 0.2) is 66.9 Å². The van der Waals surface area contributed by atoms with Crippen LogP contribution in [-0.2, 0) is 16.6 Å². The van der Waals surface area contributed by atoms with E-state index in [1.807, 2.05) is 73.5 Å². The minimum Gasteiger partial charge on any atom is -0.497 e. The van der Waals surface area contributed by atoms with Gasteiger partial charge in [-0.05, 0) is 80.1 Å². The van der Waals surface area contributed by atoms with Gasteiger partial charge in [0, 0.05) is 17.8 Å². The van der Waals surface area contributed by atoms with E-state index in [-0.39, 0.29) is 11.9 Å². The molecule has 32 heavy (non-hydrogen) atoms. The molecule has 1 saturated heterocycles. The molecule has 0 N–H and O–H groups in total. The molecule has 3 aromatic rings. The molecule has 0 radical (unpaired) electrons. The Morgan fingerprint density at radius 3 is 2.38 bits per heavy atom. The van der Waals surface area contributed by atoms with Crippen molar-refractivity contribution in [2.75, 3.05) is 13.7 Å². The molecule has 0 aliphatic carbocycles. The number of hydrogen-bond donors (Lipinski definition) is 0. The maximum absolute atomic E-state index is 13.6. The van der Waals surface area contributed by atoms with Gasteiger partial charge < -0.3 is 9.64 Å². The molecular formula is C27H29ClN2O2. The summed E-state index contributed by atoms with van der Waals surface area (Å²) in [5.74, 6) is 0.927. The summed E-state index contributed by atoms with van der Waals surface area (Å²) in [4.78, 5) is 20.4. The second-order valence-corrected chi connectivity index (χ2v) is 9.34. The van der Waals surface area contributed by atoms with Crippen molar-refractivity contribution in [2.24, 2.45) is 0 Å². The minimum atomic E-state index is -0.622. The number of aromatic nitrogens is 1. The van der Waals surface area contributed by atoms with E-state index in [1.165, 1.54) is 5.56 Å². The first-order valence-electron chi connectivity index (χ1n) is 11.0. The quantitative estimate of drug-likeness (QED) is 0.466. The van der Waals surface area contributed by atoms with Crippen molar-refractivity contribution in [3.05, 3.63) is 94.3 Å². The third-order valence-corrected chi connectivity index (χ3v) is 6.62. The lowest BCUT2D eigenvalue weighted by Gasteiger charge is -2.33. The number of rotatable bonds is 6. The Hall–Kier alpha value is -2.85. The standard InChI is InChI=1S/C27H29ClN2O2/c1-27(2,21-9-13-23(32-3)14-10-21)26(31)30-16-4-5-25(30)24-15-8-20(18-29-24)17-19-6-11-22(28)12-7-19/h6-15,18,25H,4-5,16-17H2,1-3H3. The van der Waals surface area contributed by atoms with Crippen LogP contribution in [-0.4, -0.2) is 29.4 Å². The molecule has 1 aromatic heterocycles. The number of hydrogen-bond acceptors (Lipinski definition) is 3. The molecule has 4 nitrogen and oxygen atoms in total. The summed E-state index contributed by atoms with van der Waals surface area (Å²) in [7, 11) is 1.65. The first-order chi connectivity index (χ1) is 15.4. The van der Waals surface area contributed by atoms with Crippen molar-refractivity contribution >= 4 is 17.5 Å². The van der Waals surface area contributed by atoms with Crippen molar-refractivity contribution in [3.63, 3.8) is 0 Å². The predicted octanol–water partition coefficient (Wildman–Crippen LogP) is 5.98. The van der Waals surface area contributed by atoms with Gasteiger partial charge in [0.05, 0.1) is 24.3 Å². The van der Waals surface area contributed by atoms with Gasteiger partial charge in [-0.2, -0.15) is 0 Å². The van der Waals surface area contributed by atoms with Crippen molar-refractivity contribution in [3.8, 4) is 5.75 Å². The molecule has 1 aliphatic heterocycles. The van der Waals surface area contributed by atoms with Crippen LogP contribution in [0.4, 0.5) is 0 Å². The number of pyridine rings is 1. The van der Waals surface area contributed by atoms with Gasteiger partial charge in [-0.25, -0.2) is 0 Å². The third-order valence-electron chi connectivity index (χ3n) is 6.37. The number of carbonyl (C=O) groups excluding carboxylic acids is 1. The van der Waals surface area contributed by atoms with Crippen LogP contribution in [0.25, 0.3) is 0 Å². The number of halogens is 1. The van der Waals surface area contributed by atoms with Crippen molar-refractivity contribution < 1.29 is 9.53 Å². The molecule has 1 atom stereocenters. The van der Waals surface area contributed by atoms with Gasteiger partial charge in [-0.1, -0.05) is 41.9 Å². The van der Waals surface area contributed by atoms with Crippen LogP contribution in [0.1, 0.15) is 55.1 Å². The zero-order valence-corrected chi connectivity index (χ0v) is 19.6. The average molecular weight is 449 g/mol. The number of amides is 1. The smallest absolute Gasteiger partial charge is 0.233 e. The average Bonchev–Trinajstić information content (AvgIpc) is 3.30. The number of benzene rings is 2. The van der Waals surface area contributed by atoms with Gasteiger partial charge in [-0.15, -0.1) is 0 Å². The highest BCUT2D eigenvalue weighted by atomic mass is 35.5. The molecule has 1 aliphatic rings. The third kappa shape index (κ3) is 4.66. The Morgan fingerprint density at radius 2 is 1.75 bits per heavy atom. The van der Waals surface area contributed by atoms with E-state index in [4.69, 9.17) is 21.3 Å². The van der Waals surface area contributed by atoms with Crippen LogP contribution in [0.5, 0.6) is 5.75 Å². The first-order valence-corrected chi connectivity index (χ1v) is 11.4. The minimum absolute atomic E-state index is 0.0182. The summed E-state index contributed by atoms with van der Waals surface area (Å²) in [5.41, 5.74) is 3.67. The normalized spacial score (nSPS) is 16.2. The zero-order chi connectivity index (χ0) is 22.7. The van der Waals surface area contributed by atoms with Crippen LogP contribution < -0.4 is 4.74 Å². The lowest BCUT2D eigenvalue weighted by molar-refractivity contribution is -0.137. The Balaban J connectivity index is 1.49. The Bertz CT molecular complexity index is 1060. The Kier molecular flexibility index (Phi) is 6.52. The molecular weight excluding hydrogens is 420 g/mol. The number of likely N-dealkylation sites (tertiary alicyclic amines) is 1. The van der Waals surface area contributed by atoms with Gasteiger partial charge in [-0.3, -0.25) is 9.78 Å². The molecule has 5 heteroatoms. The van der Waals surface area contributed by atoms with Gasteiger partial charge >= 0.3 is 0 Å².